The van der Waals surface area contributed by atoms with E-state index in [1.807, 2.05) is 12.1 Å². The zero-order valence-corrected chi connectivity index (χ0v) is 12.1. The zero-order chi connectivity index (χ0) is 13.2. The van der Waals surface area contributed by atoms with E-state index in [1.165, 1.54) is 31.5 Å². The second-order valence-corrected chi connectivity index (χ2v) is 5.87. The van der Waals surface area contributed by atoms with Crippen molar-refractivity contribution in [2.75, 3.05) is 13.1 Å². The predicted octanol–water partition coefficient (Wildman–Crippen LogP) is 3.60. The first-order valence-corrected chi connectivity index (χ1v) is 7.22. The van der Waals surface area contributed by atoms with E-state index in [9.17, 15) is 0 Å². The predicted molar refractivity (Wildman–Crippen MR) is 77.9 cm³/mol. The monoisotopic (exact) mass is 266 g/mol. The summed E-state index contributed by atoms with van der Waals surface area (Å²) >= 11 is 5.94. The Bertz CT molecular complexity index is 384. The van der Waals surface area contributed by atoms with Crippen molar-refractivity contribution in [3.05, 3.63) is 34.9 Å². The Morgan fingerprint density at radius 1 is 1.28 bits per heavy atom. The molecule has 1 aliphatic rings. The van der Waals surface area contributed by atoms with Crippen molar-refractivity contribution in [1.29, 1.82) is 0 Å². The minimum Gasteiger partial charge on any atom is -0.322 e. The van der Waals surface area contributed by atoms with Gasteiger partial charge >= 0.3 is 0 Å². The summed E-state index contributed by atoms with van der Waals surface area (Å²) in [5.41, 5.74) is 7.75. The quantitative estimate of drug-likeness (QED) is 0.902. The molecule has 1 heterocycles. The van der Waals surface area contributed by atoms with E-state index in [1.54, 1.807) is 0 Å². The topological polar surface area (TPSA) is 29.3 Å². The average Bonchev–Trinajstić information content (AvgIpc) is 2.92. The third-order valence-corrected chi connectivity index (χ3v) is 4.70. The van der Waals surface area contributed by atoms with Gasteiger partial charge in [0.05, 0.1) is 0 Å². The summed E-state index contributed by atoms with van der Waals surface area (Å²) in [7, 11) is 0. The summed E-state index contributed by atoms with van der Waals surface area (Å²) < 4.78 is 0. The van der Waals surface area contributed by atoms with Crippen LogP contribution in [0.25, 0.3) is 0 Å². The van der Waals surface area contributed by atoms with Crippen molar-refractivity contribution >= 4 is 11.6 Å². The molecule has 1 aliphatic heterocycles. The van der Waals surface area contributed by atoms with Gasteiger partial charge in [-0.1, -0.05) is 30.7 Å². The third-order valence-electron chi connectivity index (χ3n) is 4.44. The molecule has 0 aliphatic carbocycles. The van der Waals surface area contributed by atoms with E-state index in [0.29, 0.717) is 0 Å². The van der Waals surface area contributed by atoms with Gasteiger partial charge in [-0.25, -0.2) is 0 Å². The van der Waals surface area contributed by atoms with E-state index in [2.05, 4.69) is 30.9 Å². The van der Waals surface area contributed by atoms with Crippen LogP contribution in [0.2, 0.25) is 5.02 Å². The lowest BCUT2D eigenvalue weighted by molar-refractivity contribution is 0.100. The number of halogens is 1. The first kappa shape index (κ1) is 13.9. The minimum absolute atomic E-state index is 0.0397. The van der Waals surface area contributed by atoms with Gasteiger partial charge in [-0.2, -0.15) is 0 Å². The Morgan fingerprint density at radius 2 is 1.83 bits per heavy atom. The van der Waals surface area contributed by atoms with Gasteiger partial charge in [0.1, 0.15) is 0 Å². The number of hydrogen-bond acceptors (Lipinski definition) is 2. The van der Waals surface area contributed by atoms with Gasteiger partial charge in [0, 0.05) is 16.6 Å². The maximum Gasteiger partial charge on any atom is 0.0479 e. The van der Waals surface area contributed by atoms with E-state index in [0.717, 1.165) is 11.4 Å². The Kier molecular flexibility index (Phi) is 4.31. The Morgan fingerprint density at radius 3 is 2.33 bits per heavy atom. The first-order chi connectivity index (χ1) is 8.58. The number of nitrogens with zero attached hydrogens (tertiary/aromatic N) is 1. The number of likely N-dealkylation sites (tertiary alicyclic amines) is 1. The molecule has 0 spiro atoms. The van der Waals surface area contributed by atoms with Crippen LogP contribution in [-0.2, 0) is 0 Å². The molecular weight excluding hydrogens is 244 g/mol. The van der Waals surface area contributed by atoms with Gasteiger partial charge in [0.25, 0.3) is 0 Å². The fourth-order valence-electron chi connectivity index (χ4n) is 2.90. The summed E-state index contributed by atoms with van der Waals surface area (Å²) in [5.74, 6) is 0. The van der Waals surface area contributed by atoms with E-state index in [4.69, 9.17) is 17.3 Å². The highest BCUT2D eigenvalue weighted by atomic mass is 35.5. The number of hydrogen-bond donors (Lipinski definition) is 1. The van der Waals surface area contributed by atoms with E-state index < -0.39 is 0 Å². The SMILES string of the molecule is CCC(C)(C(N)c1ccc(Cl)cc1)N1CCCC1. The molecule has 2 unspecified atom stereocenters. The van der Waals surface area contributed by atoms with Crippen molar-refractivity contribution < 1.29 is 0 Å². The second-order valence-electron chi connectivity index (χ2n) is 5.43. The number of nitrogens with two attached hydrogens (primary N) is 1. The normalized spacial score (nSPS) is 21.8. The Hall–Kier alpha value is -0.570. The van der Waals surface area contributed by atoms with Crippen LogP contribution in [-0.4, -0.2) is 23.5 Å². The van der Waals surface area contributed by atoms with Crippen molar-refractivity contribution in [3.63, 3.8) is 0 Å². The van der Waals surface area contributed by atoms with Gasteiger partial charge in [-0.3, -0.25) is 4.90 Å². The van der Waals surface area contributed by atoms with Crippen LogP contribution in [0.15, 0.2) is 24.3 Å². The highest BCUT2D eigenvalue weighted by Crippen LogP contribution is 2.35. The second kappa shape index (κ2) is 5.60. The Balaban J connectivity index is 2.23. The molecule has 2 atom stereocenters. The van der Waals surface area contributed by atoms with Crippen LogP contribution in [0.4, 0.5) is 0 Å². The van der Waals surface area contributed by atoms with Gasteiger partial charge in [-0.15, -0.1) is 0 Å². The third kappa shape index (κ3) is 2.56. The summed E-state index contributed by atoms with van der Waals surface area (Å²) in [6.45, 7) is 6.86. The van der Waals surface area contributed by atoms with Crippen molar-refractivity contribution in [3.8, 4) is 0 Å². The summed E-state index contributed by atoms with van der Waals surface area (Å²) in [5, 5.41) is 0.769. The van der Waals surface area contributed by atoms with Crippen LogP contribution in [0.5, 0.6) is 0 Å². The van der Waals surface area contributed by atoms with E-state index >= 15 is 0 Å². The molecule has 1 aromatic carbocycles. The lowest BCUT2D eigenvalue weighted by Gasteiger charge is -2.43. The number of benzene rings is 1. The molecule has 0 radical (unpaired) electrons. The van der Waals surface area contributed by atoms with Crippen LogP contribution in [0.3, 0.4) is 0 Å². The average molecular weight is 267 g/mol. The number of rotatable bonds is 4. The molecule has 2 rings (SSSR count). The molecular formula is C15H23ClN2. The van der Waals surface area contributed by atoms with Crippen molar-refractivity contribution in [1.82, 2.24) is 4.90 Å². The first-order valence-electron chi connectivity index (χ1n) is 6.84. The van der Waals surface area contributed by atoms with Gasteiger partial charge in [-0.05, 0) is 57.0 Å². The lowest BCUT2D eigenvalue weighted by atomic mass is 9.84. The smallest absolute Gasteiger partial charge is 0.0479 e. The molecule has 0 bridgehead atoms. The zero-order valence-electron chi connectivity index (χ0n) is 11.3. The van der Waals surface area contributed by atoms with Crippen molar-refractivity contribution in [2.45, 2.75) is 44.7 Å². The molecule has 1 aromatic rings. The molecule has 0 saturated carbocycles. The molecule has 1 saturated heterocycles. The molecule has 0 aromatic heterocycles. The maximum atomic E-state index is 6.53. The molecule has 1 fully saturated rings. The summed E-state index contributed by atoms with van der Waals surface area (Å²) in [4.78, 5) is 2.55. The fourth-order valence-corrected chi connectivity index (χ4v) is 3.02. The minimum atomic E-state index is 0.0397. The molecule has 100 valence electrons. The summed E-state index contributed by atoms with van der Waals surface area (Å²) in [6, 6.07) is 8.00. The molecule has 18 heavy (non-hydrogen) atoms. The fraction of sp³-hybridized carbons (Fsp3) is 0.600. The maximum absolute atomic E-state index is 6.53. The van der Waals surface area contributed by atoms with Crippen LogP contribution >= 0.6 is 11.6 Å². The van der Waals surface area contributed by atoms with Crippen LogP contribution in [0, 0.1) is 0 Å². The highest BCUT2D eigenvalue weighted by molar-refractivity contribution is 6.30. The highest BCUT2D eigenvalue weighted by Gasteiger charge is 2.38. The van der Waals surface area contributed by atoms with Gasteiger partial charge in [0.2, 0.25) is 0 Å². The van der Waals surface area contributed by atoms with Gasteiger partial charge in [0.15, 0.2) is 0 Å². The summed E-state index contributed by atoms with van der Waals surface area (Å²) in [6.07, 6.45) is 3.66. The van der Waals surface area contributed by atoms with Gasteiger partial charge < -0.3 is 5.73 Å². The van der Waals surface area contributed by atoms with Crippen LogP contribution < -0.4 is 5.73 Å². The van der Waals surface area contributed by atoms with Crippen molar-refractivity contribution in [2.24, 2.45) is 5.73 Å². The van der Waals surface area contributed by atoms with Crippen LogP contribution in [0.1, 0.15) is 44.7 Å². The molecule has 0 amide bonds. The lowest BCUT2D eigenvalue weighted by Crippen LogP contribution is -2.51. The van der Waals surface area contributed by atoms with E-state index in [-0.39, 0.29) is 11.6 Å². The standard InChI is InChI=1S/C15H23ClN2/c1-3-15(2,18-10-4-5-11-18)14(17)12-6-8-13(16)9-7-12/h6-9,14H,3-5,10-11,17H2,1-2H3. The molecule has 2 nitrogen and oxygen atoms in total. The Labute approximate surface area is 115 Å². The largest absolute Gasteiger partial charge is 0.322 e. The molecule has 2 N–H and O–H groups in total. The molecule has 3 heteroatoms.